The molecule has 0 saturated carbocycles. The first-order chi connectivity index (χ1) is 10.0. The van der Waals surface area contributed by atoms with E-state index in [4.69, 9.17) is 10.5 Å². The number of esters is 1. The number of nitrogens with zero attached hydrogens (tertiary/aromatic N) is 2. The lowest BCUT2D eigenvalue weighted by atomic mass is 10.1. The van der Waals surface area contributed by atoms with E-state index >= 15 is 0 Å². The summed E-state index contributed by atoms with van der Waals surface area (Å²) in [6.45, 7) is 6.41. The van der Waals surface area contributed by atoms with Crippen LogP contribution >= 0.6 is 0 Å². The van der Waals surface area contributed by atoms with Crippen molar-refractivity contribution in [3.05, 3.63) is 41.6 Å². The Morgan fingerprint density at radius 1 is 1.38 bits per heavy atom. The molecule has 1 heterocycles. The van der Waals surface area contributed by atoms with Crippen molar-refractivity contribution in [2.75, 3.05) is 12.3 Å². The lowest BCUT2D eigenvalue weighted by Gasteiger charge is -2.07. The number of anilines is 1. The van der Waals surface area contributed by atoms with Crippen LogP contribution in [0, 0.1) is 5.92 Å². The predicted molar refractivity (Wildman–Crippen MR) is 82.5 cm³/mol. The summed E-state index contributed by atoms with van der Waals surface area (Å²) in [4.78, 5) is 11.8. The molecule has 21 heavy (non-hydrogen) atoms. The van der Waals surface area contributed by atoms with E-state index in [1.54, 1.807) is 29.8 Å². The zero-order valence-corrected chi connectivity index (χ0v) is 12.7. The fourth-order valence-corrected chi connectivity index (χ4v) is 2.15. The Balaban J connectivity index is 2.31. The first kappa shape index (κ1) is 15.1. The fourth-order valence-electron chi connectivity index (χ4n) is 2.15. The van der Waals surface area contributed by atoms with Gasteiger partial charge in [0.2, 0.25) is 0 Å². The molecule has 0 aliphatic heterocycles. The Bertz CT molecular complexity index is 632. The smallest absolute Gasteiger partial charge is 0.338 e. The minimum Gasteiger partial charge on any atom is -0.462 e. The maximum absolute atomic E-state index is 11.8. The van der Waals surface area contributed by atoms with Crippen LogP contribution in [-0.2, 0) is 11.2 Å². The summed E-state index contributed by atoms with van der Waals surface area (Å²) in [6, 6.07) is 8.99. The normalized spacial score (nSPS) is 10.9. The molecular formula is C16H21N3O2. The number of benzene rings is 1. The summed E-state index contributed by atoms with van der Waals surface area (Å²) in [5.41, 5.74) is 8.22. The van der Waals surface area contributed by atoms with Crippen LogP contribution in [0.2, 0.25) is 0 Å². The van der Waals surface area contributed by atoms with E-state index in [1.807, 2.05) is 12.1 Å². The van der Waals surface area contributed by atoms with E-state index in [1.165, 1.54) is 0 Å². The molecule has 0 aliphatic carbocycles. The van der Waals surface area contributed by atoms with Gasteiger partial charge in [-0.15, -0.1) is 0 Å². The van der Waals surface area contributed by atoms with Gasteiger partial charge < -0.3 is 10.5 Å². The second-order valence-electron chi connectivity index (χ2n) is 5.34. The first-order valence-corrected chi connectivity index (χ1v) is 7.13. The number of carbonyl (C=O) groups is 1. The molecule has 2 N–H and O–H groups in total. The van der Waals surface area contributed by atoms with Crippen molar-refractivity contribution in [2.24, 2.45) is 5.92 Å². The van der Waals surface area contributed by atoms with E-state index in [2.05, 4.69) is 18.9 Å². The van der Waals surface area contributed by atoms with Crippen molar-refractivity contribution in [1.29, 1.82) is 0 Å². The van der Waals surface area contributed by atoms with Crippen molar-refractivity contribution < 1.29 is 9.53 Å². The van der Waals surface area contributed by atoms with Crippen LogP contribution in [0.4, 0.5) is 5.82 Å². The Hall–Kier alpha value is -2.30. The van der Waals surface area contributed by atoms with E-state index in [-0.39, 0.29) is 5.97 Å². The van der Waals surface area contributed by atoms with E-state index < -0.39 is 0 Å². The van der Waals surface area contributed by atoms with Gasteiger partial charge >= 0.3 is 5.97 Å². The average molecular weight is 287 g/mol. The minimum absolute atomic E-state index is 0.340. The number of hydrogen-bond acceptors (Lipinski definition) is 4. The summed E-state index contributed by atoms with van der Waals surface area (Å²) in [6.07, 6.45) is 0.870. The summed E-state index contributed by atoms with van der Waals surface area (Å²) in [5.74, 6) is 0.734. The minimum atomic E-state index is -0.340. The quantitative estimate of drug-likeness (QED) is 0.858. The van der Waals surface area contributed by atoms with Crippen LogP contribution < -0.4 is 5.73 Å². The zero-order valence-electron chi connectivity index (χ0n) is 12.7. The van der Waals surface area contributed by atoms with Crippen molar-refractivity contribution in [3.8, 4) is 5.69 Å². The SMILES string of the molecule is CCOC(=O)c1cccc(-n2nc(CC(C)C)cc2N)c1. The summed E-state index contributed by atoms with van der Waals surface area (Å²) in [5, 5.41) is 4.51. The lowest BCUT2D eigenvalue weighted by molar-refractivity contribution is 0.0526. The number of nitrogens with two attached hydrogens (primary N) is 1. The Labute approximate surface area is 124 Å². The summed E-state index contributed by atoms with van der Waals surface area (Å²) < 4.78 is 6.66. The maximum Gasteiger partial charge on any atom is 0.338 e. The van der Waals surface area contributed by atoms with Gasteiger partial charge in [-0.2, -0.15) is 5.10 Å². The number of ether oxygens (including phenoxy) is 1. The highest BCUT2D eigenvalue weighted by molar-refractivity contribution is 5.90. The molecule has 0 fully saturated rings. The highest BCUT2D eigenvalue weighted by Gasteiger charge is 2.11. The van der Waals surface area contributed by atoms with Crippen LogP contribution in [0.5, 0.6) is 0 Å². The Morgan fingerprint density at radius 2 is 2.14 bits per heavy atom. The van der Waals surface area contributed by atoms with E-state index in [0.29, 0.717) is 23.9 Å². The van der Waals surface area contributed by atoms with Gasteiger partial charge in [0.15, 0.2) is 0 Å². The van der Waals surface area contributed by atoms with Crippen molar-refractivity contribution in [3.63, 3.8) is 0 Å². The third kappa shape index (κ3) is 3.62. The molecule has 112 valence electrons. The van der Waals surface area contributed by atoms with Gasteiger partial charge in [0.25, 0.3) is 0 Å². The van der Waals surface area contributed by atoms with Crippen LogP contribution in [-0.4, -0.2) is 22.4 Å². The molecule has 0 unspecified atom stereocenters. The summed E-state index contributed by atoms with van der Waals surface area (Å²) in [7, 11) is 0. The molecule has 2 rings (SSSR count). The standard InChI is InChI=1S/C16H21N3O2/c1-4-21-16(20)12-6-5-7-14(9-12)19-15(17)10-13(18-19)8-11(2)3/h5-7,9-11H,4,8,17H2,1-3H3. The van der Waals surface area contributed by atoms with E-state index in [0.717, 1.165) is 17.8 Å². The highest BCUT2D eigenvalue weighted by atomic mass is 16.5. The molecule has 0 spiro atoms. The van der Waals surface area contributed by atoms with Gasteiger partial charge in [0, 0.05) is 6.07 Å². The van der Waals surface area contributed by atoms with Crippen LogP contribution in [0.15, 0.2) is 30.3 Å². The molecule has 0 aliphatic rings. The number of aromatic nitrogens is 2. The van der Waals surface area contributed by atoms with Gasteiger partial charge in [0.1, 0.15) is 5.82 Å². The number of hydrogen-bond donors (Lipinski definition) is 1. The highest BCUT2D eigenvalue weighted by Crippen LogP contribution is 2.18. The van der Waals surface area contributed by atoms with Gasteiger partial charge in [-0.3, -0.25) is 0 Å². The molecular weight excluding hydrogens is 266 g/mol. The lowest BCUT2D eigenvalue weighted by Crippen LogP contribution is -2.07. The molecule has 2 aromatic rings. The van der Waals surface area contributed by atoms with Gasteiger partial charge in [-0.1, -0.05) is 19.9 Å². The largest absolute Gasteiger partial charge is 0.462 e. The first-order valence-electron chi connectivity index (χ1n) is 7.13. The summed E-state index contributed by atoms with van der Waals surface area (Å²) >= 11 is 0. The topological polar surface area (TPSA) is 70.1 Å². The Kier molecular flexibility index (Phi) is 4.62. The number of nitrogen functional groups attached to an aromatic ring is 1. The number of carbonyl (C=O) groups excluding carboxylic acids is 1. The van der Waals surface area contributed by atoms with Crippen molar-refractivity contribution in [1.82, 2.24) is 9.78 Å². The van der Waals surface area contributed by atoms with E-state index in [9.17, 15) is 4.79 Å². The molecule has 0 amide bonds. The fraction of sp³-hybridized carbons (Fsp3) is 0.375. The maximum atomic E-state index is 11.8. The molecule has 0 saturated heterocycles. The molecule has 0 atom stereocenters. The second-order valence-corrected chi connectivity index (χ2v) is 5.34. The third-order valence-corrected chi connectivity index (χ3v) is 3.01. The van der Waals surface area contributed by atoms with Gasteiger partial charge in [-0.05, 0) is 37.5 Å². The monoisotopic (exact) mass is 287 g/mol. The van der Waals surface area contributed by atoms with Gasteiger partial charge in [-0.25, -0.2) is 9.48 Å². The molecule has 1 aromatic carbocycles. The molecule has 5 heteroatoms. The average Bonchev–Trinajstić information content (AvgIpc) is 2.79. The van der Waals surface area contributed by atoms with Crippen LogP contribution in [0.1, 0.15) is 36.8 Å². The molecule has 0 bridgehead atoms. The molecule has 1 aromatic heterocycles. The van der Waals surface area contributed by atoms with Crippen LogP contribution in [0.25, 0.3) is 5.69 Å². The number of rotatable bonds is 5. The van der Waals surface area contributed by atoms with Gasteiger partial charge in [0.05, 0.1) is 23.6 Å². The third-order valence-electron chi connectivity index (χ3n) is 3.01. The van der Waals surface area contributed by atoms with Crippen molar-refractivity contribution in [2.45, 2.75) is 27.2 Å². The molecule has 0 radical (unpaired) electrons. The Morgan fingerprint density at radius 3 is 2.81 bits per heavy atom. The molecule has 5 nitrogen and oxygen atoms in total. The van der Waals surface area contributed by atoms with Crippen LogP contribution in [0.3, 0.4) is 0 Å². The zero-order chi connectivity index (χ0) is 15.4. The predicted octanol–water partition coefficient (Wildman–Crippen LogP) is 2.83. The second kappa shape index (κ2) is 6.43. The van der Waals surface area contributed by atoms with Crippen molar-refractivity contribution >= 4 is 11.8 Å².